The van der Waals surface area contributed by atoms with Gasteiger partial charge in [-0.2, -0.15) is 0 Å². The van der Waals surface area contributed by atoms with Crippen LogP contribution in [0.4, 0.5) is 26.1 Å². The summed E-state index contributed by atoms with van der Waals surface area (Å²) < 4.78 is 27.7. The third-order valence-electron chi connectivity index (χ3n) is 4.70. The van der Waals surface area contributed by atoms with Gasteiger partial charge in [-0.25, -0.2) is 18.7 Å². The summed E-state index contributed by atoms with van der Waals surface area (Å²) >= 11 is 0. The Balaban J connectivity index is 1.69. The normalized spacial score (nSPS) is 15.4. The highest BCUT2D eigenvalue weighted by Crippen LogP contribution is 2.36. The van der Waals surface area contributed by atoms with Crippen molar-refractivity contribution in [2.75, 3.05) is 10.2 Å². The van der Waals surface area contributed by atoms with Crippen molar-refractivity contribution < 1.29 is 13.6 Å². The molecule has 142 valence electrons. The van der Waals surface area contributed by atoms with Crippen molar-refractivity contribution in [3.8, 4) is 0 Å². The van der Waals surface area contributed by atoms with Crippen LogP contribution in [0.1, 0.15) is 28.7 Å². The van der Waals surface area contributed by atoms with Crippen molar-refractivity contribution in [3.05, 3.63) is 77.1 Å². The van der Waals surface area contributed by atoms with Gasteiger partial charge in [0.25, 0.3) is 5.91 Å². The van der Waals surface area contributed by atoms with E-state index in [-0.39, 0.29) is 11.7 Å². The van der Waals surface area contributed by atoms with Crippen LogP contribution in [0.2, 0.25) is 0 Å². The second-order valence-corrected chi connectivity index (χ2v) is 6.80. The topological polar surface area (TPSA) is 58.1 Å². The van der Waals surface area contributed by atoms with Gasteiger partial charge in [0, 0.05) is 17.4 Å². The highest BCUT2D eigenvalue weighted by Gasteiger charge is 2.29. The van der Waals surface area contributed by atoms with Crippen molar-refractivity contribution in [1.82, 2.24) is 9.97 Å². The molecule has 0 radical (unpaired) electrons. The van der Waals surface area contributed by atoms with E-state index < -0.39 is 23.2 Å². The summed E-state index contributed by atoms with van der Waals surface area (Å²) in [6.45, 7) is 3.80. The molecule has 5 nitrogen and oxygen atoms in total. The Bertz CT molecular complexity index is 1050. The van der Waals surface area contributed by atoms with Crippen LogP contribution in [-0.4, -0.2) is 21.9 Å². The molecule has 1 N–H and O–H groups in total. The molecule has 2 heterocycles. The quantitative estimate of drug-likeness (QED) is 0.732. The van der Waals surface area contributed by atoms with Crippen LogP contribution < -0.4 is 10.2 Å². The van der Waals surface area contributed by atoms with Crippen molar-refractivity contribution in [2.24, 2.45) is 0 Å². The number of para-hydroxylation sites is 2. The minimum atomic E-state index is -0.846. The smallest absolute Gasteiger partial charge is 0.274 e. The Hall–Kier alpha value is -3.35. The molecule has 1 aromatic heterocycles. The van der Waals surface area contributed by atoms with E-state index in [1.807, 2.05) is 23.1 Å². The molecule has 0 spiro atoms. The number of hydrogen-bond donors (Lipinski definition) is 1. The minimum absolute atomic E-state index is 0.0433. The average Bonchev–Trinajstić information content (AvgIpc) is 3.00. The summed E-state index contributed by atoms with van der Waals surface area (Å²) in [4.78, 5) is 23.4. The summed E-state index contributed by atoms with van der Waals surface area (Å²) in [5.74, 6) is -2.00. The molecular formula is C21H18F2N4O. The first kappa shape index (κ1) is 18.0. The lowest BCUT2D eigenvalue weighted by molar-refractivity contribution is 0.102. The third kappa shape index (κ3) is 3.19. The first-order chi connectivity index (χ1) is 13.4. The van der Waals surface area contributed by atoms with Crippen LogP contribution in [0.3, 0.4) is 0 Å². The van der Waals surface area contributed by atoms with Crippen molar-refractivity contribution in [2.45, 2.75) is 26.3 Å². The summed E-state index contributed by atoms with van der Waals surface area (Å²) in [6, 6.07) is 13.0. The summed E-state index contributed by atoms with van der Waals surface area (Å²) in [6.07, 6.45) is 0.843. The van der Waals surface area contributed by atoms with E-state index in [1.165, 1.54) is 17.7 Å². The average molecular weight is 380 g/mol. The van der Waals surface area contributed by atoms with E-state index in [1.54, 1.807) is 6.92 Å². The lowest BCUT2D eigenvalue weighted by atomic mass is 10.1. The molecule has 2 aromatic carbocycles. The predicted molar refractivity (Wildman–Crippen MR) is 103 cm³/mol. The summed E-state index contributed by atoms with van der Waals surface area (Å²) in [5.41, 5.74) is 2.30. The summed E-state index contributed by atoms with van der Waals surface area (Å²) in [7, 11) is 0. The van der Waals surface area contributed by atoms with Gasteiger partial charge < -0.3 is 10.2 Å². The van der Waals surface area contributed by atoms with Gasteiger partial charge in [-0.3, -0.25) is 4.79 Å². The van der Waals surface area contributed by atoms with Crippen LogP contribution in [0.5, 0.6) is 0 Å². The number of halogens is 2. The van der Waals surface area contributed by atoms with Crippen molar-refractivity contribution in [3.63, 3.8) is 0 Å². The van der Waals surface area contributed by atoms with Gasteiger partial charge in [-0.05, 0) is 50.1 Å². The molecule has 3 aromatic rings. The minimum Gasteiger partial charge on any atom is -0.316 e. The maximum Gasteiger partial charge on any atom is 0.274 e. The summed E-state index contributed by atoms with van der Waals surface area (Å²) in [5, 5.41) is 2.27. The Morgan fingerprint density at radius 3 is 2.57 bits per heavy atom. The zero-order valence-electron chi connectivity index (χ0n) is 15.4. The monoisotopic (exact) mass is 380 g/mol. The molecule has 1 amide bonds. The second kappa shape index (κ2) is 6.99. The highest BCUT2D eigenvalue weighted by atomic mass is 19.1. The number of carbonyl (C=O) groups excluding carboxylic acids is 1. The number of fused-ring (bicyclic) bond motifs is 1. The number of anilines is 3. The molecule has 0 saturated heterocycles. The zero-order valence-corrected chi connectivity index (χ0v) is 15.4. The van der Waals surface area contributed by atoms with Crippen LogP contribution in [-0.2, 0) is 6.42 Å². The lowest BCUT2D eigenvalue weighted by Crippen LogP contribution is -2.27. The number of benzene rings is 2. The van der Waals surface area contributed by atoms with E-state index in [0.29, 0.717) is 11.6 Å². The molecule has 0 saturated carbocycles. The first-order valence-electron chi connectivity index (χ1n) is 8.92. The maximum atomic E-state index is 13.9. The van der Waals surface area contributed by atoms with Crippen LogP contribution in [0.15, 0.2) is 48.5 Å². The van der Waals surface area contributed by atoms with Gasteiger partial charge in [0.05, 0.1) is 0 Å². The van der Waals surface area contributed by atoms with Gasteiger partial charge in [-0.1, -0.05) is 24.3 Å². The Labute approximate surface area is 161 Å². The van der Waals surface area contributed by atoms with Gasteiger partial charge in [0.15, 0.2) is 0 Å². The first-order valence-corrected chi connectivity index (χ1v) is 8.92. The van der Waals surface area contributed by atoms with Gasteiger partial charge >= 0.3 is 0 Å². The third-order valence-corrected chi connectivity index (χ3v) is 4.70. The standard InChI is InChI=1S/C21H18F2N4O/c1-12-10-17(20(28)26-19-15(22)7-5-8-16(19)23)25-21(24-12)27-13(2)11-14-6-3-4-9-18(14)27/h3-10,13H,11H2,1-2H3,(H,26,28). The molecule has 0 bridgehead atoms. The molecule has 1 aliphatic rings. The molecule has 1 aliphatic heterocycles. The van der Waals surface area contributed by atoms with Gasteiger partial charge in [0.2, 0.25) is 5.95 Å². The van der Waals surface area contributed by atoms with E-state index in [0.717, 1.165) is 24.2 Å². The number of aromatic nitrogens is 2. The molecule has 0 aliphatic carbocycles. The fourth-order valence-corrected chi connectivity index (χ4v) is 3.44. The number of amides is 1. The Morgan fingerprint density at radius 1 is 1.11 bits per heavy atom. The Kier molecular flexibility index (Phi) is 4.50. The number of aryl methyl sites for hydroxylation is 1. The molecular weight excluding hydrogens is 362 g/mol. The molecule has 0 fully saturated rings. The second-order valence-electron chi connectivity index (χ2n) is 6.80. The Morgan fingerprint density at radius 2 is 1.82 bits per heavy atom. The van der Waals surface area contributed by atoms with Crippen LogP contribution >= 0.6 is 0 Å². The molecule has 7 heteroatoms. The fraction of sp³-hybridized carbons (Fsp3) is 0.190. The van der Waals surface area contributed by atoms with E-state index in [2.05, 4.69) is 28.3 Å². The van der Waals surface area contributed by atoms with Crippen LogP contribution in [0.25, 0.3) is 0 Å². The maximum absolute atomic E-state index is 13.9. The number of rotatable bonds is 3. The highest BCUT2D eigenvalue weighted by molar-refractivity contribution is 6.03. The van der Waals surface area contributed by atoms with E-state index in [4.69, 9.17) is 0 Å². The van der Waals surface area contributed by atoms with Crippen LogP contribution in [0, 0.1) is 18.6 Å². The van der Waals surface area contributed by atoms with Gasteiger partial charge in [0.1, 0.15) is 23.0 Å². The zero-order chi connectivity index (χ0) is 19.8. The lowest BCUT2D eigenvalue weighted by Gasteiger charge is -2.23. The van der Waals surface area contributed by atoms with E-state index in [9.17, 15) is 13.6 Å². The molecule has 1 atom stereocenters. The number of nitrogens with one attached hydrogen (secondary N) is 1. The molecule has 1 unspecified atom stereocenters. The SMILES string of the molecule is Cc1cc(C(=O)Nc2c(F)cccc2F)nc(N2c3ccccc3CC2C)n1. The number of hydrogen-bond acceptors (Lipinski definition) is 4. The molecule has 4 rings (SSSR count). The fourth-order valence-electron chi connectivity index (χ4n) is 3.44. The number of nitrogens with zero attached hydrogens (tertiary/aromatic N) is 3. The molecule has 28 heavy (non-hydrogen) atoms. The largest absolute Gasteiger partial charge is 0.316 e. The number of carbonyl (C=O) groups is 1. The predicted octanol–water partition coefficient (Wildman–Crippen LogP) is 4.40. The van der Waals surface area contributed by atoms with E-state index >= 15 is 0 Å². The van der Waals surface area contributed by atoms with Crippen molar-refractivity contribution >= 4 is 23.2 Å². The van der Waals surface area contributed by atoms with Gasteiger partial charge in [-0.15, -0.1) is 0 Å². The van der Waals surface area contributed by atoms with Crippen molar-refractivity contribution in [1.29, 1.82) is 0 Å².